The molecule has 2 aromatic carbocycles. The molecule has 36 heavy (non-hydrogen) atoms. The van der Waals surface area contributed by atoms with Gasteiger partial charge in [0.25, 0.3) is 0 Å². The Morgan fingerprint density at radius 1 is 1.06 bits per heavy atom. The van der Waals surface area contributed by atoms with E-state index in [1.54, 1.807) is 14.2 Å². The molecule has 4 rings (SSSR count). The summed E-state index contributed by atoms with van der Waals surface area (Å²) in [5.41, 5.74) is 8.75. The highest BCUT2D eigenvalue weighted by Crippen LogP contribution is 2.33. The van der Waals surface area contributed by atoms with Crippen LogP contribution in [0, 0.1) is 5.92 Å². The highest BCUT2D eigenvalue weighted by Gasteiger charge is 2.27. The Kier molecular flexibility index (Phi) is 9.35. The fourth-order valence-corrected chi connectivity index (χ4v) is 7.69. The molecule has 1 amide bonds. The highest BCUT2D eigenvalue weighted by molar-refractivity contribution is 9.11. The smallest absolute Gasteiger partial charge is 0.227 e. The Labute approximate surface area is 232 Å². The number of nitrogens with zero attached hydrogens (tertiary/aromatic N) is 2. The SMILES string of the molecule is COc1cc2c(cc1OC)CC(=O)N(CC1CCCN(CCS(=O)c3cc(Br)c(N)c(Br)c3)C1)CC2. The van der Waals surface area contributed by atoms with E-state index in [1.165, 1.54) is 0 Å². The zero-order valence-corrected chi connectivity index (χ0v) is 24.7. The van der Waals surface area contributed by atoms with Crippen molar-refractivity contribution < 1.29 is 18.5 Å². The number of carbonyl (C=O) groups is 1. The molecule has 10 heteroatoms. The Morgan fingerprint density at radius 2 is 1.72 bits per heavy atom. The van der Waals surface area contributed by atoms with Gasteiger partial charge in [-0.1, -0.05) is 0 Å². The van der Waals surface area contributed by atoms with Crippen LogP contribution in [-0.2, 0) is 28.4 Å². The largest absolute Gasteiger partial charge is 0.493 e. The third kappa shape index (κ3) is 6.44. The van der Waals surface area contributed by atoms with Crippen LogP contribution in [0.1, 0.15) is 24.0 Å². The standard InChI is InChI=1S/C26H33Br2N3O4S/c1-34-23-10-18-5-7-31(25(32)12-19(18)11-24(23)35-2)16-17-4-3-6-30(15-17)8-9-36(33)20-13-21(27)26(29)22(28)14-20/h10-11,13-14,17H,3-9,12,15-16,29H2,1-2H3. The summed E-state index contributed by atoms with van der Waals surface area (Å²) < 4.78 is 25.3. The molecule has 196 valence electrons. The van der Waals surface area contributed by atoms with Gasteiger partial charge in [0.1, 0.15) is 0 Å². The van der Waals surface area contributed by atoms with Crippen LogP contribution in [0.5, 0.6) is 11.5 Å². The van der Waals surface area contributed by atoms with Crippen LogP contribution in [0.15, 0.2) is 38.1 Å². The second-order valence-corrected chi connectivity index (χ2v) is 12.7. The van der Waals surface area contributed by atoms with E-state index in [4.69, 9.17) is 15.2 Å². The number of rotatable bonds is 8. The molecule has 0 aliphatic carbocycles. The number of hydrogen-bond acceptors (Lipinski definition) is 6. The van der Waals surface area contributed by atoms with Gasteiger partial charge in [-0.3, -0.25) is 9.00 Å². The predicted molar refractivity (Wildman–Crippen MR) is 150 cm³/mol. The highest BCUT2D eigenvalue weighted by atomic mass is 79.9. The fraction of sp³-hybridized carbons (Fsp3) is 0.500. The molecule has 2 aromatic rings. The van der Waals surface area contributed by atoms with Gasteiger partial charge in [0.15, 0.2) is 11.5 Å². The maximum absolute atomic E-state index is 13.1. The molecule has 0 spiro atoms. The van der Waals surface area contributed by atoms with Gasteiger partial charge in [0.05, 0.1) is 37.1 Å². The first-order valence-corrected chi connectivity index (χ1v) is 15.1. The summed E-state index contributed by atoms with van der Waals surface area (Å²) >= 11 is 6.88. The first-order valence-electron chi connectivity index (χ1n) is 12.2. The summed E-state index contributed by atoms with van der Waals surface area (Å²) in [6.45, 7) is 4.16. The van der Waals surface area contributed by atoms with Gasteiger partial charge in [-0.25, -0.2) is 0 Å². The minimum Gasteiger partial charge on any atom is -0.493 e. The van der Waals surface area contributed by atoms with Crippen LogP contribution in [0.2, 0.25) is 0 Å². The van der Waals surface area contributed by atoms with Crippen LogP contribution in [0.4, 0.5) is 5.69 Å². The fourth-order valence-electron chi connectivity index (χ4n) is 5.05. The summed E-state index contributed by atoms with van der Waals surface area (Å²) in [5, 5.41) is 0. The molecule has 0 radical (unpaired) electrons. The number of fused-ring (bicyclic) bond motifs is 1. The van der Waals surface area contributed by atoms with Gasteiger partial charge in [-0.15, -0.1) is 0 Å². The Balaban J connectivity index is 1.33. The minimum atomic E-state index is -1.11. The van der Waals surface area contributed by atoms with Crippen molar-refractivity contribution in [2.24, 2.45) is 5.92 Å². The number of hydrogen-bond donors (Lipinski definition) is 1. The molecule has 2 N–H and O–H groups in total. The zero-order chi connectivity index (χ0) is 25.8. The molecule has 2 aliphatic rings. The number of nitrogens with two attached hydrogens (primary N) is 1. The number of amides is 1. The molecule has 1 fully saturated rings. The van der Waals surface area contributed by atoms with Crippen molar-refractivity contribution in [2.75, 3.05) is 58.4 Å². The average molecular weight is 643 g/mol. The quantitative estimate of drug-likeness (QED) is 0.434. The molecule has 1 saturated heterocycles. The van der Waals surface area contributed by atoms with E-state index in [2.05, 4.69) is 36.8 Å². The van der Waals surface area contributed by atoms with E-state index >= 15 is 0 Å². The summed E-state index contributed by atoms with van der Waals surface area (Å²) in [5.74, 6) is 2.52. The lowest BCUT2D eigenvalue weighted by molar-refractivity contribution is -0.131. The van der Waals surface area contributed by atoms with Crippen molar-refractivity contribution in [3.63, 3.8) is 0 Å². The van der Waals surface area contributed by atoms with Gasteiger partial charge >= 0.3 is 0 Å². The second-order valence-electron chi connectivity index (χ2n) is 9.40. The van der Waals surface area contributed by atoms with Crippen LogP contribution >= 0.6 is 31.9 Å². The van der Waals surface area contributed by atoms with Crippen LogP contribution in [0.25, 0.3) is 0 Å². The molecule has 2 heterocycles. The van der Waals surface area contributed by atoms with Gasteiger partial charge in [-0.05, 0) is 99.0 Å². The summed E-state index contributed by atoms with van der Waals surface area (Å²) in [7, 11) is 2.14. The second kappa shape index (κ2) is 12.3. The Bertz CT molecular complexity index is 1120. The number of piperidine rings is 1. The molecular weight excluding hydrogens is 610 g/mol. The minimum absolute atomic E-state index is 0.165. The van der Waals surface area contributed by atoms with Crippen molar-refractivity contribution in [1.82, 2.24) is 9.80 Å². The zero-order valence-electron chi connectivity index (χ0n) is 20.7. The molecule has 2 aliphatic heterocycles. The topological polar surface area (TPSA) is 85.1 Å². The van der Waals surface area contributed by atoms with Crippen molar-refractivity contribution in [3.05, 3.63) is 44.3 Å². The molecule has 2 atom stereocenters. The van der Waals surface area contributed by atoms with Gasteiger partial charge < -0.3 is 25.0 Å². The van der Waals surface area contributed by atoms with Gasteiger partial charge in [0, 0.05) is 45.8 Å². The number of likely N-dealkylation sites (tertiary alicyclic amines) is 1. The lowest BCUT2D eigenvalue weighted by atomic mass is 9.97. The molecular formula is C26H33Br2N3O4S. The van der Waals surface area contributed by atoms with Crippen LogP contribution < -0.4 is 15.2 Å². The van der Waals surface area contributed by atoms with Crippen LogP contribution in [-0.4, -0.2) is 72.6 Å². The molecule has 2 unspecified atom stereocenters. The lowest BCUT2D eigenvalue weighted by Crippen LogP contribution is -2.44. The van der Waals surface area contributed by atoms with E-state index in [-0.39, 0.29) is 5.91 Å². The Morgan fingerprint density at radius 3 is 2.39 bits per heavy atom. The lowest BCUT2D eigenvalue weighted by Gasteiger charge is -2.35. The first kappa shape index (κ1) is 27.4. The summed E-state index contributed by atoms with van der Waals surface area (Å²) in [6.07, 6.45) is 3.39. The third-order valence-corrected chi connectivity index (χ3v) is 9.67. The molecule has 0 bridgehead atoms. The monoisotopic (exact) mass is 641 g/mol. The van der Waals surface area contributed by atoms with E-state index in [9.17, 15) is 9.00 Å². The maximum atomic E-state index is 13.1. The van der Waals surface area contributed by atoms with E-state index in [1.807, 2.05) is 29.2 Å². The number of anilines is 1. The van der Waals surface area contributed by atoms with Crippen molar-refractivity contribution in [2.45, 2.75) is 30.6 Å². The average Bonchev–Trinajstić information content (AvgIpc) is 3.02. The molecule has 0 saturated carbocycles. The van der Waals surface area contributed by atoms with Gasteiger partial charge in [-0.2, -0.15) is 0 Å². The molecule has 7 nitrogen and oxygen atoms in total. The molecule has 0 aromatic heterocycles. The van der Waals surface area contributed by atoms with Gasteiger partial charge in [0.2, 0.25) is 5.91 Å². The number of nitrogen functional groups attached to an aromatic ring is 1. The van der Waals surface area contributed by atoms with E-state index in [0.717, 1.165) is 70.4 Å². The number of ether oxygens (including phenoxy) is 2. The maximum Gasteiger partial charge on any atom is 0.227 e. The van der Waals surface area contributed by atoms with E-state index < -0.39 is 10.8 Å². The third-order valence-electron chi connectivity index (χ3n) is 7.04. The van der Waals surface area contributed by atoms with E-state index in [0.29, 0.717) is 41.8 Å². The number of halogens is 2. The van der Waals surface area contributed by atoms with Crippen LogP contribution in [0.3, 0.4) is 0 Å². The number of carbonyl (C=O) groups excluding carboxylic acids is 1. The number of methoxy groups -OCH3 is 2. The Hall–Kier alpha value is -1.62. The predicted octanol–water partition coefficient (Wildman–Crippen LogP) is 4.26. The number of benzene rings is 2. The van der Waals surface area contributed by atoms with Crippen molar-refractivity contribution in [1.29, 1.82) is 0 Å². The van der Waals surface area contributed by atoms with Crippen molar-refractivity contribution >= 4 is 54.3 Å². The normalized spacial score (nSPS) is 19.5. The van der Waals surface area contributed by atoms with Crippen molar-refractivity contribution in [3.8, 4) is 11.5 Å². The first-order chi connectivity index (χ1) is 17.3. The summed E-state index contributed by atoms with van der Waals surface area (Å²) in [4.78, 5) is 18.3. The summed E-state index contributed by atoms with van der Waals surface area (Å²) in [6, 6.07) is 7.62.